The Kier molecular flexibility index (Phi) is 3.31. The summed E-state index contributed by atoms with van der Waals surface area (Å²) in [5.74, 6) is -0.345. The first-order valence-electron chi connectivity index (χ1n) is 4.33. The lowest BCUT2D eigenvalue weighted by Gasteiger charge is -2.04. The maximum absolute atomic E-state index is 10.5. The molecule has 0 aromatic heterocycles. The fraction of sp³-hybridized carbons (Fsp3) is 0.300. The van der Waals surface area contributed by atoms with E-state index in [1.807, 2.05) is 18.2 Å². The second-order valence-electron chi connectivity index (χ2n) is 2.87. The largest absolute Gasteiger partial charge is 0.376 e. The van der Waals surface area contributed by atoms with Crippen LogP contribution < -0.4 is 11.1 Å². The van der Waals surface area contributed by atoms with Crippen molar-refractivity contribution in [2.75, 3.05) is 11.9 Å². The third-order valence-electron chi connectivity index (χ3n) is 1.80. The van der Waals surface area contributed by atoms with Gasteiger partial charge in [-0.2, -0.15) is 0 Å². The summed E-state index contributed by atoms with van der Waals surface area (Å²) in [4.78, 5) is 10.5. The van der Waals surface area contributed by atoms with E-state index in [1.54, 1.807) is 0 Å². The summed E-state index contributed by atoms with van der Waals surface area (Å²) in [6.45, 7) is 2.28. The number of anilines is 1. The van der Waals surface area contributed by atoms with Crippen LogP contribution in [0.15, 0.2) is 24.3 Å². The summed E-state index contributed by atoms with van der Waals surface area (Å²) in [6.07, 6.45) is 0.992. The maximum atomic E-state index is 10.5. The van der Waals surface area contributed by atoms with Crippen molar-refractivity contribution in [3.63, 3.8) is 0 Å². The third kappa shape index (κ3) is 3.15. The average Bonchev–Trinajstić information content (AvgIpc) is 2.15. The van der Waals surface area contributed by atoms with Crippen LogP contribution in [0.5, 0.6) is 0 Å². The molecule has 0 fully saturated rings. The number of hydrogen-bond donors (Lipinski definition) is 2. The molecular weight excluding hydrogens is 164 g/mol. The van der Waals surface area contributed by atoms with Crippen molar-refractivity contribution in [3.8, 4) is 0 Å². The standard InChI is InChI=1S/C10H14N2O/c1-2-8-4-3-5-9(6-8)12-7-10(11)13/h3-6,12H,2,7H2,1H3,(H2,11,13). The summed E-state index contributed by atoms with van der Waals surface area (Å²) >= 11 is 0. The van der Waals surface area contributed by atoms with Crippen LogP contribution in [0.1, 0.15) is 12.5 Å². The van der Waals surface area contributed by atoms with Crippen LogP contribution in [0.4, 0.5) is 5.69 Å². The van der Waals surface area contributed by atoms with Gasteiger partial charge in [0.05, 0.1) is 6.54 Å². The number of carbonyl (C=O) groups is 1. The van der Waals surface area contributed by atoms with Gasteiger partial charge in [-0.1, -0.05) is 19.1 Å². The van der Waals surface area contributed by atoms with Gasteiger partial charge in [0, 0.05) is 5.69 Å². The first-order valence-corrected chi connectivity index (χ1v) is 4.33. The molecule has 3 nitrogen and oxygen atoms in total. The van der Waals surface area contributed by atoms with E-state index < -0.39 is 0 Å². The molecule has 0 spiro atoms. The predicted molar refractivity (Wildman–Crippen MR) is 53.5 cm³/mol. The number of carbonyl (C=O) groups excluding carboxylic acids is 1. The van der Waals surface area contributed by atoms with Crippen molar-refractivity contribution in [1.29, 1.82) is 0 Å². The van der Waals surface area contributed by atoms with E-state index in [0.717, 1.165) is 12.1 Å². The van der Waals surface area contributed by atoms with Crippen molar-refractivity contribution in [2.24, 2.45) is 5.73 Å². The van der Waals surface area contributed by atoms with Crippen LogP contribution in [-0.2, 0) is 11.2 Å². The van der Waals surface area contributed by atoms with Crippen LogP contribution in [0.25, 0.3) is 0 Å². The van der Waals surface area contributed by atoms with Crippen LogP contribution in [0.2, 0.25) is 0 Å². The summed E-state index contributed by atoms with van der Waals surface area (Å²) < 4.78 is 0. The molecule has 1 aromatic carbocycles. The minimum Gasteiger partial charge on any atom is -0.376 e. The molecule has 0 aliphatic heterocycles. The van der Waals surface area contributed by atoms with E-state index in [9.17, 15) is 4.79 Å². The quantitative estimate of drug-likeness (QED) is 0.726. The van der Waals surface area contributed by atoms with E-state index in [1.165, 1.54) is 5.56 Å². The van der Waals surface area contributed by atoms with Gasteiger partial charge in [0.15, 0.2) is 0 Å². The lowest BCUT2D eigenvalue weighted by atomic mass is 10.1. The molecule has 1 aromatic rings. The Hall–Kier alpha value is -1.51. The summed E-state index contributed by atoms with van der Waals surface area (Å²) in [5.41, 5.74) is 7.20. The van der Waals surface area contributed by atoms with Crippen molar-refractivity contribution >= 4 is 11.6 Å². The molecule has 0 bridgehead atoms. The van der Waals surface area contributed by atoms with Crippen molar-refractivity contribution in [1.82, 2.24) is 0 Å². The number of nitrogens with one attached hydrogen (secondary N) is 1. The molecule has 0 unspecified atom stereocenters. The zero-order chi connectivity index (χ0) is 9.68. The number of aryl methyl sites for hydroxylation is 1. The number of primary amides is 1. The van der Waals surface area contributed by atoms with E-state index in [0.29, 0.717) is 0 Å². The highest BCUT2D eigenvalue weighted by molar-refractivity contribution is 5.78. The number of rotatable bonds is 4. The molecule has 0 saturated heterocycles. The van der Waals surface area contributed by atoms with Crippen molar-refractivity contribution in [2.45, 2.75) is 13.3 Å². The van der Waals surface area contributed by atoms with E-state index >= 15 is 0 Å². The third-order valence-corrected chi connectivity index (χ3v) is 1.80. The molecular formula is C10H14N2O. The average molecular weight is 178 g/mol. The molecule has 0 radical (unpaired) electrons. The van der Waals surface area contributed by atoms with Crippen LogP contribution in [0.3, 0.4) is 0 Å². The number of nitrogens with two attached hydrogens (primary N) is 1. The molecule has 0 atom stereocenters. The van der Waals surface area contributed by atoms with Gasteiger partial charge < -0.3 is 11.1 Å². The topological polar surface area (TPSA) is 55.1 Å². The number of benzene rings is 1. The Morgan fingerprint density at radius 1 is 1.54 bits per heavy atom. The molecule has 1 rings (SSSR count). The Morgan fingerprint density at radius 3 is 2.92 bits per heavy atom. The van der Waals surface area contributed by atoms with E-state index in [4.69, 9.17) is 5.73 Å². The number of amides is 1. The SMILES string of the molecule is CCc1cccc(NCC(N)=O)c1. The Morgan fingerprint density at radius 2 is 2.31 bits per heavy atom. The fourth-order valence-corrected chi connectivity index (χ4v) is 1.09. The minimum atomic E-state index is -0.345. The molecule has 0 heterocycles. The number of hydrogen-bond acceptors (Lipinski definition) is 2. The highest BCUT2D eigenvalue weighted by atomic mass is 16.1. The van der Waals surface area contributed by atoms with Crippen LogP contribution in [-0.4, -0.2) is 12.5 Å². The predicted octanol–water partition coefficient (Wildman–Crippen LogP) is 1.15. The van der Waals surface area contributed by atoms with Crippen LogP contribution >= 0.6 is 0 Å². The molecule has 3 heteroatoms. The van der Waals surface area contributed by atoms with Crippen LogP contribution in [0, 0.1) is 0 Å². The van der Waals surface area contributed by atoms with Gasteiger partial charge in [0.1, 0.15) is 0 Å². The normalized spacial score (nSPS) is 9.62. The smallest absolute Gasteiger partial charge is 0.236 e. The molecule has 0 saturated carbocycles. The van der Waals surface area contributed by atoms with Crippen molar-refractivity contribution in [3.05, 3.63) is 29.8 Å². The fourth-order valence-electron chi connectivity index (χ4n) is 1.09. The van der Waals surface area contributed by atoms with E-state index in [2.05, 4.69) is 18.3 Å². The summed E-state index contributed by atoms with van der Waals surface area (Å²) in [7, 11) is 0. The molecule has 70 valence electrons. The minimum absolute atomic E-state index is 0.188. The lowest BCUT2D eigenvalue weighted by Crippen LogP contribution is -2.21. The zero-order valence-electron chi connectivity index (χ0n) is 7.71. The van der Waals surface area contributed by atoms with Gasteiger partial charge in [-0.3, -0.25) is 4.79 Å². The summed E-state index contributed by atoms with van der Waals surface area (Å²) in [6, 6.07) is 7.95. The van der Waals surface area contributed by atoms with Gasteiger partial charge in [-0.15, -0.1) is 0 Å². The lowest BCUT2D eigenvalue weighted by molar-refractivity contribution is -0.116. The van der Waals surface area contributed by atoms with Crippen molar-refractivity contribution < 1.29 is 4.79 Å². The molecule has 0 aliphatic carbocycles. The van der Waals surface area contributed by atoms with E-state index in [-0.39, 0.29) is 12.5 Å². The molecule has 3 N–H and O–H groups in total. The first-order chi connectivity index (χ1) is 6.22. The maximum Gasteiger partial charge on any atom is 0.236 e. The summed E-state index contributed by atoms with van der Waals surface area (Å²) in [5, 5.41) is 2.94. The molecule has 13 heavy (non-hydrogen) atoms. The highest BCUT2D eigenvalue weighted by Crippen LogP contribution is 2.10. The Labute approximate surface area is 77.9 Å². The first kappa shape index (κ1) is 9.58. The van der Waals surface area contributed by atoms with Gasteiger partial charge >= 0.3 is 0 Å². The van der Waals surface area contributed by atoms with Gasteiger partial charge in [-0.25, -0.2) is 0 Å². The molecule has 0 aliphatic rings. The second kappa shape index (κ2) is 4.50. The van der Waals surface area contributed by atoms with Gasteiger partial charge in [0.25, 0.3) is 0 Å². The Balaban J connectivity index is 2.61. The zero-order valence-corrected chi connectivity index (χ0v) is 7.71. The monoisotopic (exact) mass is 178 g/mol. The highest BCUT2D eigenvalue weighted by Gasteiger charge is 1.95. The molecule has 1 amide bonds. The van der Waals surface area contributed by atoms with Gasteiger partial charge in [-0.05, 0) is 24.1 Å². The Bertz CT molecular complexity index is 297. The van der Waals surface area contributed by atoms with Gasteiger partial charge in [0.2, 0.25) is 5.91 Å². The second-order valence-corrected chi connectivity index (χ2v) is 2.87.